The summed E-state index contributed by atoms with van der Waals surface area (Å²) in [6.45, 7) is -0.756. The molecule has 3 aromatic rings. The highest BCUT2D eigenvalue weighted by Crippen LogP contribution is 2.22. The smallest absolute Gasteiger partial charge is 0.186 e. The second kappa shape index (κ2) is 6.14. The van der Waals surface area contributed by atoms with E-state index in [1.807, 2.05) is 24.3 Å². The van der Waals surface area contributed by atoms with Crippen LogP contribution in [0.3, 0.4) is 0 Å². The van der Waals surface area contributed by atoms with Crippen LogP contribution in [0.1, 0.15) is 11.9 Å². The van der Waals surface area contributed by atoms with Gasteiger partial charge >= 0.3 is 0 Å². The highest BCUT2D eigenvalue weighted by molar-refractivity contribution is 5.92. The molecule has 0 aliphatic rings. The standard InChI is InChI=1S/C14H16N4O5/c19-6-9(20)10(21)11(22)12(23)14-17-16-13-8-4-2-1-3-7(8)5-15-18(13)14/h1-5,9-12,19-23H,6H2/t9-,10-,11+,12+/m1/s1. The third-order valence-corrected chi connectivity index (χ3v) is 3.70. The van der Waals surface area contributed by atoms with Gasteiger partial charge in [0.15, 0.2) is 11.5 Å². The largest absolute Gasteiger partial charge is 0.394 e. The zero-order valence-corrected chi connectivity index (χ0v) is 11.9. The Kier molecular flexibility index (Phi) is 4.20. The summed E-state index contributed by atoms with van der Waals surface area (Å²) in [5, 5.41) is 61.5. The number of aromatic nitrogens is 4. The molecule has 0 saturated heterocycles. The van der Waals surface area contributed by atoms with Gasteiger partial charge in [0, 0.05) is 10.8 Å². The quantitative estimate of drug-likeness (QED) is 0.377. The van der Waals surface area contributed by atoms with E-state index in [4.69, 9.17) is 5.11 Å². The van der Waals surface area contributed by atoms with Crippen molar-refractivity contribution in [2.75, 3.05) is 6.61 Å². The van der Waals surface area contributed by atoms with Crippen LogP contribution < -0.4 is 0 Å². The Hall–Kier alpha value is -2.17. The van der Waals surface area contributed by atoms with Crippen molar-refractivity contribution < 1.29 is 25.5 Å². The second-order valence-electron chi connectivity index (χ2n) is 5.20. The lowest BCUT2D eigenvalue weighted by Gasteiger charge is -2.24. The SMILES string of the molecule is OC[C@@H](O)[C@@H](O)[C@H](O)[C@H](O)c1nnc2c3ccccc3cnn12. The molecule has 0 radical (unpaired) electrons. The lowest BCUT2D eigenvalue weighted by Crippen LogP contribution is -2.43. The van der Waals surface area contributed by atoms with Gasteiger partial charge in [0.1, 0.15) is 24.4 Å². The molecule has 0 amide bonds. The monoisotopic (exact) mass is 320 g/mol. The van der Waals surface area contributed by atoms with E-state index in [0.29, 0.717) is 5.65 Å². The van der Waals surface area contributed by atoms with Crippen LogP contribution in [0.5, 0.6) is 0 Å². The number of nitrogens with zero attached hydrogens (tertiary/aromatic N) is 4. The van der Waals surface area contributed by atoms with E-state index in [9.17, 15) is 20.4 Å². The van der Waals surface area contributed by atoms with E-state index in [2.05, 4.69) is 15.3 Å². The predicted molar refractivity (Wildman–Crippen MR) is 78.4 cm³/mol. The van der Waals surface area contributed by atoms with Gasteiger partial charge in [-0.25, -0.2) is 0 Å². The first-order chi connectivity index (χ1) is 11.0. The summed E-state index contributed by atoms with van der Waals surface area (Å²) in [4.78, 5) is 0. The summed E-state index contributed by atoms with van der Waals surface area (Å²) in [5.41, 5.74) is 0.390. The van der Waals surface area contributed by atoms with Crippen LogP contribution in [0.25, 0.3) is 16.4 Å². The van der Waals surface area contributed by atoms with Crippen molar-refractivity contribution in [3.05, 3.63) is 36.3 Å². The van der Waals surface area contributed by atoms with Crippen molar-refractivity contribution >= 4 is 16.4 Å². The van der Waals surface area contributed by atoms with Crippen LogP contribution in [0.2, 0.25) is 0 Å². The molecule has 23 heavy (non-hydrogen) atoms. The van der Waals surface area contributed by atoms with Gasteiger partial charge in [0.2, 0.25) is 0 Å². The van der Waals surface area contributed by atoms with Crippen LogP contribution >= 0.6 is 0 Å². The molecule has 2 heterocycles. The van der Waals surface area contributed by atoms with Crippen molar-refractivity contribution in [3.63, 3.8) is 0 Å². The predicted octanol–water partition coefficient (Wildman–Crippen LogP) is -1.61. The third-order valence-electron chi connectivity index (χ3n) is 3.70. The maximum atomic E-state index is 10.2. The molecule has 0 aliphatic heterocycles. The van der Waals surface area contributed by atoms with Gasteiger partial charge in [-0.15, -0.1) is 10.2 Å². The van der Waals surface area contributed by atoms with Gasteiger partial charge in [-0.3, -0.25) is 0 Å². The summed E-state index contributed by atoms with van der Waals surface area (Å²) in [5.74, 6) is -0.0811. The summed E-state index contributed by atoms with van der Waals surface area (Å²) >= 11 is 0. The van der Waals surface area contributed by atoms with Crippen molar-refractivity contribution in [3.8, 4) is 0 Å². The summed E-state index contributed by atoms with van der Waals surface area (Å²) in [6.07, 6.45) is -5.18. The summed E-state index contributed by atoms with van der Waals surface area (Å²) in [6, 6.07) is 7.34. The zero-order chi connectivity index (χ0) is 16.6. The Morgan fingerprint density at radius 2 is 1.74 bits per heavy atom. The minimum atomic E-state index is -1.77. The molecule has 5 N–H and O–H groups in total. The molecule has 0 aliphatic carbocycles. The van der Waals surface area contributed by atoms with Crippen LogP contribution in [-0.4, -0.2) is 70.3 Å². The Balaban J connectivity index is 2.01. The number of fused-ring (bicyclic) bond motifs is 3. The fraction of sp³-hybridized carbons (Fsp3) is 0.357. The lowest BCUT2D eigenvalue weighted by molar-refractivity contribution is -0.118. The Morgan fingerprint density at radius 3 is 2.48 bits per heavy atom. The molecule has 0 spiro atoms. The lowest BCUT2D eigenvalue weighted by atomic mass is 10.0. The second-order valence-corrected chi connectivity index (χ2v) is 5.20. The fourth-order valence-electron chi connectivity index (χ4n) is 2.37. The topological polar surface area (TPSA) is 144 Å². The molecule has 122 valence electrons. The molecular weight excluding hydrogens is 304 g/mol. The average molecular weight is 320 g/mol. The minimum absolute atomic E-state index is 0.0811. The van der Waals surface area contributed by atoms with Gasteiger partial charge in [-0.05, 0) is 0 Å². The zero-order valence-electron chi connectivity index (χ0n) is 11.9. The molecule has 0 saturated carbocycles. The van der Waals surface area contributed by atoms with Crippen LogP contribution in [-0.2, 0) is 0 Å². The van der Waals surface area contributed by atoms with Crippen LogP contribution in [0.4, 0.5) is 0 Å². The van der Waals surface area contributed by atoms with E-state index < -0.39 is 31.0 Å². The maximum absolute atomic E-state index is 10.2. The molecule has 0 fully saturated rings. The molecule has 2 aromatic heterocycles. The number of hydrogen-bond acceptors (Lipinski definition) is 8. The number of aliphatic hydroxyl groups excluding tert-OH is 5. The number of rotatable bonds is 5. The molecule has 0 bridgehead atoms. The summed E-state index contributed by atoms with van der Waals surface area (Å²) < 4.78 is 1.26. The van der Waals surface area contributed by atoms with Gasteiger partial charge in [-0.1, -0.05) is 24.3 Å². The normalized spacial score (nSPS) is 17.3. The molecule has 0 unspecified atom stereocenters. The summed E-state index contributed by atoms with van der Waals surface area (Å²) in [7, 11) is 0. The number of aliphatic hydroxyl groups is 5. The number of hydrogen-bond donors (Lipinski definition) is 5. The molecule has 9 nitrogen and oxygen atoms in total. The van der Waals surface area contributed by atoms with E-state index in [1.54, 1.807) is 6.20 Å². The Bertz CT molecular complexity index is 823. The van der Waals surface area contributed by atoms with E-state index >= 15 is 0 Å². The highest BCUT2D eigenvalue weighted by atomic mass is 16.4. The highest BCUT2D eigenvalue weighted by Gasteiger charge is 2.34. The molecule has 1 aromatic carbocycles. The van der Waals surface area contributed by atoms with E-state index in [-0.39, 0.29) is 5.82 Å². The number of benzene rings is 1. The first kappa shape index (κ1) is 15.7. The minimum Gasteiger partial charge on any atom is -0.394 e. The van der Waals surface area contributed by atoms with Gasteiger partial charge in [-0.2, -0.15) is 9.61 Å². The van der Waals surface area contributed by atoms with Crippen LogP contribution in [0.15, 0.2) is 30.5 Å². The maximum Gasteiger partial charge on any atom is 0.186 e. The van der Waals surface area contributed by atoms with Gasteiger partial charge in [0.25, 0.3) is 0 Å². The van der Waals surface area contributed by atoms with Crippen molar-refractivity contribution in [1.82, 2.24) is 19.8 Å². The molecule has 3 rings (SSSR count). The third kappa shape index (κ3) is 2.64. The average Bonchev–Trinajstić information content (AvgIpc) is 3.03. The van der Waals surface area contributed by atoms with Gasteiger partial charge in [0.05, 0.1) is 12.8 Å². The first-order valence-corrected chi connectivity index (χ1v) is 6.96. The van der Waals surface area contributed by atoms with Crippen molar-refractivity contribution in [1.29, 1.82) is 0 Å². The van der Waals surface area contributed by atoms with Crippen molar-refractivity contribution in [2.45, 2.75) is 24.4 Å². The fourth-order valence-corrected chi connectivity index (χ4v) is 2.37. The first-order valence-electron chi connectivity index (χ1n) is 6.96. The van der Waals surface area contributed by atoms with Crippen molar-refractivity contribution in [2.24, 2.45) is 0 Å². The molecule has 9 heteroatoms. The van der Waals surface area contributed by atoms with E-state index in [1.165, 1.54) is 4.52 Å². The Morgan fingerprint density at radius 1 is 1.00 bits per heavy atom. The van der Waals surface area contributed by atoms with Crippen LogP contribution in [0, 0.1) is 0 Å². The molecular formula is C14H16N4O5. The van der Waals surface area contributed by atoms with Gasteiger partial charge < -0.3 is 25.5 Å². The molecule has 4 atom stereocenters. The Labute approximate surface area is 130 Å². The van der Waals surface area contributed by atoms with E-state index in [0.717, 1.165) is 10.8 Å².